The van der Waals surface area contributed by atoms with E-state index in [2.05, 4.69) is 50.0 Å². The van der Waals surface area contributed by atoms with Gasteiger partial charge in [-0.2, -0.15) is 0 Å². The molecule has 1 atom stereocenters. The predicted octanol–water partition coefficient (Wildman–Crippen LogP) is 1.74. The normalized spacial score (nSPS) is 21.8. The summed E-state index contributed by atoms with van der Waals surface area (Å²) in [5.41, 5.74) is 1.20. The summed E-state index contributed by atoms with van der Waals surface area (Å²) < 4.78 is 0. The zero-order valence-electron chi connectivity index (χ0n) is 13.4. The first kappa shape index (κ1) is 15.9. The van der Waals surface area contributed by atoms with E-state index in [-0.39, 0.29) is 0 Å². The third-order valence-electron chi connectivity index (χ3n) is 4.00. The number of likely N-dealkylation sites (N-methyl/N-ethyl adjacent to an activating group) is 2. The highest BCUT2D eigenvalue weighted by Gasteiger charge is 2.23. The Morgan fingerprint density at radius 3 is 2.80 bits per heavy atom. The third kappa shape index (κ3) is 4.25. The molecule has 1 N–H and O–H groups in total. The Balaban J connectivity index is 1.97. The number of piperazine rings is 1. The summed E-state index contributed by atoms with van der Waals surface area (Å²) in [6.07, 6.45) is 1.08. The topological polar surface area (TPSA) is 31.4 Å². The van der Waals surface area contributed by atoms with Gasteiger partial charge in [-0.25, -0.2) is 4.98 Å². The molecule has 0 aliphatic carbocycles. The summed E-state index contributed by atoms with van der Waals surface area (Å²) in [5.74, 6) is 0. The average molecular weight is 296 g/mol. The van der Waals surface area contributed by atoms with Gasteiger partial charge in [-0.3, -0.25) is 0 Å². The van der Waals surface area contributed by atoms with Crippen LogP contribution in [0.4, 0.5) is 0 Å². The molecule has 2 rings (SSSR count). The first-order valence-electron chi connectivity index (χ1n) is 7.53. The zero-order chi connectivity index (χ0) is 14.7. The molecule has 1 aliphatic rings. The summed E-state index contributed by atoms with van der Waals surface area (Å²) >= 11 is 1.88. The Morgan fingerprint density at radius 1 is 1.35 bits per heavy atom. The van der Waals surface area contributed by atoms with Gasteiger partial charge < -0.3 is 15.1 Å². The van der Waals surface area contributed by atoms with Crippen LogP contribution in [0.25, 0.3) is 0 Å². The number of hydrogen-bond donors (Lipinski definition) is 1. The molecule has 0 aromatic carbocycles. The SMILES string of the molecule is Cc1nc(CC2CN(C)CCN2C)sc1CNC(C)C. The van der Waals surface area contributed by atoms with Crippen molar-refractivity contribution >= 4 is 11.3 Å². The molecule has 0 bridgehead atoms. The minimum Gasteiger partial charge on any atom is -0.310 e. The van der Waals surface area contributed by atoms with Crippen molar-refractivity contribution in [2.75, 3.05) is 33.7 Å². The molecule has 2 heterocycles. The van der Waals surface area contributed by atoms with E-state index < -0.39 is 0 Å². The van der Waals surface area contributed by atoms with Crippen molar-refractivity contribution in [3.63, 3.8) is 0 Å². The second kappa shape index (κ2) is 6.98. The van der Waals surface area contributed by atoms with Crippen LogP contribution in [0.15, 0.2) is 0 Å². The molecule has 0 spiro atoms. The first-order chi connectivity index (χ1) is 9.45. The van der Waals surface area contributed by atoms with Crippen LogP contribution in [0, 0.1) is 6.92 Å². The van der Waals surface area contributed by atoms with Crippen LogP contribution in [0.2, 0.25) is 0 Å². The van der Waals surface area contributed by atoms with Crippen LogP contribution in [-0.2, 0) is 13.0 Å². The largest absolute Gasteiger partial charge is 0.310 e. The van der Waals surface area contributed by atoms with Crippen LogP contribution >= 0.6 is 11.3 Å². The van der Waals surface area contributed by atoms with E-state index in [1.54, 1.807) is 0 Å². The van der Waals surface area contributed by atoms with Crippen molar-refractivity contribution in [2.24, 2.45) is 0 Å². The van der Waals surface area contributed by atoms with Crippen molar-refractivity contribution in [1.82, 2.24) is 20.1 Å². The molecule has 4 nitrogen and oxygen atoms in total. The van der Waals surface area contributed by atoms with Gasteiger partial charge in [0.05, 0.1) is 10.7 Å². The van der Waals surface area contributed by atoms with E-state index in [0.29, 0.717) is 12.1 Å². The molecule has 0 amide bonds. The second-order valence-electron chi connectivity index (χ2n) is 6.25. The minimum atomic E-state index is 0.526. The summed E-state index contributed by atoms with van der Waals surface area (Å²) in [6.45, 7) is 10.9. The molecule has 1 saturated heterocycles. The highest BCUT2D eigenvalue weighted by molar-refractivity contribution is 7.11. The zero-order valence-corrected chi connectivity index (χ0v) is 14.3. The molecule has 1 aliphatic heterocycles. The number of thiazole rings is 1. The van der Waals surface area contributed by atoms with Crippen molar-refractivity contribution in [3.8, 4) is 0 Å². The highest BCUT2D eigenvalue weighted by atomic mass is 32.1. The van der Waals surface area contributed by atoms with Gasteiger partial charge in [0.2, 0.25) is 0 Å². The molecule has 1 aromatic rings. The number of aryl methyl sites for hydroxylation is 1. The summed E-state index contributed by atoms with van der Waals surface area (Å²) in [6, 6.07) is 1.13. The Morgan fingerprint density at radius 2 is 2.10 bits per heavy atom. The quantitative estimate of drug-likeness (QED) is 0.897. The smallest absolute Gasteiger partial charge is 0.0947 e. The Labute approximate surface area is 127 Å². The molecule has 0 radical (unpaired) electrons. The number of nitrogens with one attached hydrogen (secondary N) is 1. The Hall–Kier alpha value is -0.490. The van der Waals surface area contributed by atoms with Gasteiger partial charge in [0.15, 0.2) is 0 Å². The van der Waals surface area contributed by atoms with Crippen LogP contribution < -0.4 is 5.32 Å². The summed E-state index contributed by atoms with van der Waals surface area (Å²) in [7, 11) is 4.45. The molecule has 1 unspecified atom stereocenters. The predicted molar refractivity (Wildman–Crippen MR) is 86.4 cm³/mol. The van der Waals surface area contributed by atoms with Gasteiger partial charge >= 0.3 is 0 Å². The molecule has 0 saturated carbocycles. The maximum absolute atomic E-state index is 4.78. The van der Waals surface area contributed by atoms with Gasteiger partial charge in [0.25, 0.3) is 0 Å². The third-order valence-corrected chi connectivity index (χ3v) is 5.18. The standard InChI is InChI=1S/C15H28N4S/c1-11(2)16-9-14-12(3)17-15(20-14)8-13-10-18(4)6-7-19(13)5/h11,13,16H,6-10H2,1-5H3. The molecular weight excluding hydrogens is 268 g/mol. The second-order valence-corrected chi connectivity index (χ2v) is 7.42. The molecule has 5 heteroatoms. The molecule has 20 heavy (non-hydrogen) atoms. The average Bonchev–Trinajstić information content (AvgIpc) is 2.72. The Kier molecular flexibility index (Phi) is 5.55. The lowest BCUT2D eigenvalue weighted by atomic mass is 10.1. The van der Waals surface area contributed by atoms with Gasteiger partial charge in [-0.05, 0) is 21.0 Å². The van der Waals surface area contributed by atoms with Crippen molar-refractivity contribution in [2.45, 2.75) is 45.8 Å². The fourth-order valence-corrected chi connectivity index (χ4v) is 3.65. The number of aromatic nitrogens is 1. The van der Waals surface area contributed by atoms with E-state index >= 15 is 0 Å². The summed E-state index contributed by atoms with van der Waals surface area (Å²) in [5, 5.41) is 4.77. The fraction of sp³-hybridized carbons (Fsp3) is 0.800. The first-order valence-corrected chi connectivity index (χ1v) is 8.34. The van der Waals surface area contributed by atoms with Crippen molar-refractivity contribution in [3.05, 3.63) is 15.6 Å². The van der Waals surface area contributed by atoms with Gasteiger partial charge in [0, 0.05) is 49.6 Å². The van der Waals surface area contributed by atoms with E-state index in [9.17, 15) is 0 Å². The maximum atomic E-state index is 4.78. The molecule has 1 aromatic heterocycles. The van der Waals surface area contributed by atoms with Gasteiger partial charge in [-0.1, -0.05) is 13.8 Å². The minimum absolute atomic E-state index is 0.526. The lowest BCUT2D eigenvalue weighted by Gasteiger charge is -2.37. The van der Waals surface area contributed by atoms with E-state index in [0.717, 1.165) is 26.1 Å². The van der Waals surface area contributed by atoms with E-state index in [1.165, 1.54) is 22.1 Å². The van der Waals surface area contributed by atoms with E-state index in [1.807, 2.05) is 11.3 Å². The summed E-state index contributed by atoms with van der Waals surface area (Å²) in [4.78, 5) is 11.1. The molecule has 1 fully saturated rings. The number of nitrogens with zero attached hydrogens (tertiary/aromatic N) is 3. The Bertz CT molecular complexity index is 430. The number of hydrogen-bond acceptors (Lipinski definition) is 5. The van der Waals surface area contributed by atoms with Gasteiger partial charge in [-0.15, -0.1) is 11.3 Å². The van der Waals surface area contributed by atoms with Crippen LogP contribution in [-0.4, -0.2) is 60.6 Å². The van der Waals surface area contributed by atoms with Crippen LogP contribution in [0.5, 0.6) is 0 Å². The van der Waals surface area contributed by atoms with Crippen LogP contribution in [0.3, 0.4) is 0 Å². The highest BCUT2D eigenvalue weighted by Crippen LogP contribution is 2.21. The van der Waals surface area contributed by atoms with Gasteiger partial charge in [0.1, 0.15) is 0 Å². The molecular formula is C15H28N4S. The lowest BCUT2D eigenvalue weighted by Crippen LogP contribution is -2.50. The fourth-order valence-electron chi connectivity index (χ4n) is 2.56. The molecule has 114 valence electrons. The maximum Gasteiger partial charge on any atom is 0.0947 e. The monoisotopic (exact) mass is 296 g/mol. The number of rotatable bonds is 5. The van der Waals surface area contributed by atoms with E-state index in [4.69, 9.17) is 4.98 Å². The van der Waals surface area contributed by atoms with Crippen molar-refractivity contribution < 1.29 is 0 Å². The lowest BCUT2D eigenvalue weighted by molar-refractivity contribution is 0.114. The van der Waals surface area contributed by atoms with Crippen LogP contribution in [0.1, 0.15) is 29.4 Å². The van der Waals surface area contributed by atoms with Crippen molar-refractivity contribution in [1.29, 1.82) is 0 Å².